The molecule has 0 fully saturated rings. The van der Waals surface area contributed by atoms with Crippen LogP contribution in [0.3, 0.4) is 0 Å². The Kier molecular flexibility index (Phi) is 45.2. The first-order chi connectivity index (χ1) is 13.5. The van der Waals surface area contributed by atoms with Crippen molar-refractivity contribution in [2.24, 2.45) is 0 Å². The molecule has 0 aliphatic rings. The molecule has 168 valence electrons. The second kappa shape index (κ2) is 35.0. The third kappa shape index (κ3) is 43.3. The molecule has 0 aromatic heterocycles. The van der Waals surface area contributed by atoms with Gasteiger partial charge in [-0.3, -0.25) is 0 Å². The predicted octanol–water partition coefficient (Wildman–Crippen LogP) is 4.93. The number of aliphatic carboxylic acids is 2. The standard InChI is InChI=1S/2C12H24O2.Ba.Cd/c2*1-2-3-4-5-6-7-8-9-10-11-12(13)14;;/h2*2-11H2,1H3,(H,13,14);;/q;;2*+2/p-2. The van der Waals surface area contributed by atoms with E-state index in [9.17, 15) is 19.8 Å². The summed E-state index contributed by atoms with van der Waals surface area (Å²) in [5, 5.41) is 20.2. The summed E-state index contributed by atoms with van der Waals surface area (Å²) in [5.74, 6) is -1.82. The zero-order valence-corrected chi connectivity index (χ0v) is 28.7. The Labute approximate surface area is 247 Å². The molecular formula is C24H46BaCdO4+2. The van der Waals surface area contributed by atoms with Crippen molar-refractivity contribution in [1.82, 2.24) is 0 Å². The molecule has 0 aromatic carbocycles. The van der Waals surface area contributed by atoms with E-state index in [2.05, 4.69) is 13.8 Å². The zero-order chi connectivity index (χ0) is 21.3. The van der Waals surface area contributed by atoms with E-state index in [1.54, 1.807) is 0 Å². The number of carbonyl (C=O) groups excluding carboxylic acids is 2. The maximum atomic E-state index is 10.1. The summed E-state index contributed by atoms with van der Waals surface area (Å²) in [5.41, 5.74) is 0. The van der Waals surface area contributed by atoms with Crippen molar-refractivity contribution in [2.45, 2.75) is 142 Å². The first-order valence-electron chi connectivity index (χ1n) is 11.9. The van der Waals surface area contributed by atoms with Gasteiger partial charge in [-0.2, -0.15) is 0 Å². The van der Waals surface area contributed by atoms with Crippen molar-refractivity contribution in [1.29, 1.82) is 0 Å². The molecule has 0 heterocycles. The maximum Gasteiger partial charge on any atom is 2.00 e. The first-order valence-corrected chi connectivity index (χ1v) is 11.9. The number of carboxylic acid groups (broad SMARTS) is 2. The number of hydrogen-bond acceptors (Lipinski definition) is 4. The van der Waals surface area contributed by atoms with E-state index < -0.39 is 11.9 Å². The Morgan fingerprint density at radius 3 is 0.867 bits per heavy atom. The van der Waals surface area contributed by atoms with Gasteiger partial charge in [0.2, 0.25) is 0 Å². The summed E-state index contributed by atoms with van der Waals surface area (Å²) in [6, 6.07) is 0. The second-order valence-corrected chi connectivity index (χ2v) is 7.90. The van der Waals surface area contributed by atoms with Gasteiger partial charge in [-0.15, -0.1) is 0 Å². The van der Waals surface area contributed by atoms with Crippen LogP contribution in [0.25, 0.3) is 0 Å². The van der Waals surface area contributed by atoms with Gasteiger partial charge in [0, 0.05) is 11.9 Å². The van der Waals surface area contributed by atoms with Crippen LogP contribution in [0, 0.1) is 0 Å². The van der Waals surface area contributed by atoms with Gasteiger partial charge in [0.15, 0.2) is 0 Å². The molecule has 0 saturated carbocycles. The smallest absolute Gasteiger partial charge is 0.550 e. The fraction of sp³-hybridized carbons (Fsp3) is 0.917. The van der Waals surface area contributed by atoms with Crippen molar-refractivity contribution >= 4 is 60.8 Å². The normalized spacial score (nSPS) is 9.67. The summed E-state index contributed by atoms with van der Waals surface area (Å²) in [6.07, 6.45) is 22.3. The van der Waals surface area contributed by atoms with E-state index in [1.807, 2.05) is 0 Å². The van der Waals surface area contributed by atoms with Crippen LogP contribution < -0.4 is 10.2 Å². The zero-order valence-electron chi connectivity index (χ0n) is 20.2. The van der Waals surface area contributed by atoms with Crippen LogP contribution in [0.2, 0.25) is 0 Å². The Balaban J connectivity index is -0.000000211. The largest absolute Gasteiger partial charge is 2.00 e. The monoisotopic (exact) mass is 650 g/mol. The molecule has 0 bridgehead atoms. The molecule has 6 heteroatoms. The molecule has 0 saturated heterocycles. The molecule has 0 aliphatic heterocycles. The molecule has 0 aliphatic carbocycles. The molecule has 0 spiro atoms. The number of carbonyl (C=O) groups is 2. The minimum atomic E-state index is -0.909. The van der Waals surface area contributed by atoms with Crippen LogP contribution >= 0.6 is 0 Å². The number of hydrogen-bond donors (Lipinski definition) is 0. The third-order valence-corrected chi connectivity index (χ3v) is 4.97. The molecule has 0 atom stereocenters. The molecule has 0 rings (SSSR count). The Bertz CT molecular complexity index is 309. The molecule has 0 N–H and O–H groups in total. The van der Waals surface area contributed by atoms with Gasteiger partial charge >= 0.3 is 76.2 Å². The summed E-state index contributed by atoms with van der Waals surface area (Å²) in [4.78, 5) is 20.2. The molecule has 0 unspecified atom stereocenters. The van der Waals surface area contributed by atoms with Gasteiger partial charge in [0.1, 0.15) is 0 Å². The summed E-state index contributed by atoms with van der Waals surface area (Å²) >= 11 is 0. The van der Waals surface area contributed by atoms with Crippen LogP contribution in [-0.4, -0.2) is 60.8 Å². The maximum absolute atomic E-state index is 10.1. The second-order valence-electron chi connectivity index (χ2n) is 7.90. The number of carboxylic acids is 2. The SMILES string of the molecule is CCCCCCCCCCCC(=O)[O-].CCCCCCCCCCCC(=O)[O-].[Ba+2].[Cd+2]. The molecular weight excluding hydrogens is 602 g/mol. The fourth-order valence-electron chi connectivity index (χ4n) is 3.16. The topological polar surface area (TPSA) is 80.3 Å². The summed E-state index contributed by atoms with van der Waals surface area (Å²) in [6.45, 7) is 4.44. The first kappa shape index (κ1) is 38.7. The fourth-order valence-corrected chi connectivity index (χ4v) is 3.16. The van der Waals surface area contributed by atoms with E-state index in [1.165, 1.54) is 89.9 Å². The van der Waals surface area contributed by atoms with E-state index in [4.69, 9.17) is 0 Å². The van der Waals surface area contributed by atoms with Crippen LogP contribution in [0.15, 0.2) is 0 Å². The van der Waals surface area contributed by atoms with Crippen molar-refractivity contribution in [3.05, 3.63) is 0 Å². The van der Waals surface area contributed by atoms with Gasteiger partial charge in [-0.1, -0.05) is 117 Å². The van der Waals surface area contributed by atoms with Crippen LogP contribution in [0.4, 0.5) is 0 Å². The minimum absolute atomic E-state index is 0. The van der Waals surface area contributed by atoms with Crippen molar-refractivity contribution in [2.75, 3.05) is 0 Å². The van der Waals surface area contributed by atoms with Gasteiger partial charge < -0.3 is 19.8 Å². The minimum Gasteiger partial charge on any atom is -0.550 e. The van der Waals surface area contributed by atoms with Crippen LogP contribution in [0.5, 0.6) is 0 Å². The van der Waals surface area contributed by atoms with Crippen molar-refractivity contribution in [3.63, 3.8) is 0 Å². The average Bonchev–Trinajstić information content (AvgIpc) is 2.65. The quantitative estimate of drug-likeness (QED) is 0.139. The van der Waals surface area contributed by atoms with Crippen molar-refractivity contribution < 1.29 is 47.1 Å². The van der Waals surface area contributed by atoms with Gasteiger partial charge in [-0.05, 0) is 25.7 Å². The van der Waals surface area contributed by atoms with E-state index >= 15 is 0 Å². The third-order valence-electron chi connectivity index (χ3n) is 4.97. The van der Waals surface area contributed by atoms with Crippen molar-refractivity contribution in [3.8, 4) is 0 Å². The van der Waals surface area contributed by atoms with E-state index in [-0.39, 0.29) is 89.0 Å². The average molecular weight is 648 g/mol. The van der Waals surface area contributed by atoms with Gasteiger partial charge in [0.25, 0.3) is 0 Å². The van der Waals surface area contributed by atoms with Crippen LogP contribution in [-0.2, 0) is 36.9 Å². The summed E-state index contributed by atoms with van der Waals surface area (Å²) in [7, 11) is 0. The van der Waals surface area contributed by atoms with Crippen LogP contribution in [0.1, 0.15) is 142 Å². The Hall–Kier alpha value is 1.43. The van der Waals surface area contributed by atoms with E-state index in [0.717, 1.165) is 25.7 Å². The Morgan fingerprint density at radius 2 is 0.667 bits per heavy atom. The van der Waals surface area contributed by atoms with Gasteiger partial charge in [0.05, 0.1) is 0 Å². The molecule has 30 heavy (non-hydrogen) atoms. The number of unbranched alkanes of at least 4 members (excludes halogenated alkanes) is 16. The molecule has 0 radical (unpaired) electrons. The van der Waals surface area contributed by atoms with Gasteiger partial charge in [-0.25, -0.2) is 0 Å². The molecule has 0 aromatic rings. The predicted molar refractivity (Wildman–Crippen MR) is 119 cm³/mol. The number of rotatable bonds is 20. The Morgan fingerprint density at radius 1 is 0.467 bits per heavy atom. The summed E-state index contributed by atoms with van der Waals surface area (Å²) < 4.78 is 0. The van der Waals surface area contributed by atoms with E-state index in [0.29, 0.717) is 0 Å². The molecule has 4 nitrogen and oxygen atoms in total. The molecule has 0 amide bonds.